The van der Waals surface area contributed by atoms with Gasteiger partial charge in [0, 0.05) is 32.6 Å². The van der Waals surface area contributed by atoms with Gasteiger partial charge in [0.25, 0.3) is 0 Å². The predicted molar refractivity (Wildman–Crippen MR) is 113 cm³/mol. The van der Waals surface area contributed by atoms with Crippen LogP contribution in [0.25, 0.3) is 0 Å². The second kappa shape index (κ2) is 11.3. The Kier molecular flexibility index (Phi) is 9.35. The van der Waals surface area contributed by atoms with Crippen molar-refractivity contribution in [3.63, 3.8) is 0 Å². The standard InChI is InChI=1S/C20H27ClF3N3O4S/c1-2-3-9-25-19(29)14-5-4-11-27(13-14)18(28)8-10-26-32(30,31)15-6-7-17(21)16(12-15)20(22,23)24/h6-7,12,14,26H,2-5,8-11,13H2,1H3,(H,25,29). The van der Waals surface area contributed by atoms with E-state index in [2.05, 4.69) is 10.0 Å². The van der Waals surface area contributed by atoms with Gasteiger partial charge in [0.2, 0.25) is 21.8 Å². The van der Waals surface area contributed by atoms with Crippen LogP contribution in [0.4, 0.5) is 13.2 Å². The third-order valence-electron chi connectivity index (χ3n) is 5.16. The number of piperidine rings is 1. The third kappa shape index (κ3) is 7.35. The fourth-order valence-electron chi connectivity index (χ4n) is 3.37. The van der Waals surface area contributed by atoms with E-state index in [1.807, 2.05) is 6.92 Å². The molecule has 0 radical (unpaired) electrons. The lowest BCUT2D eigenvalue weighted by Crippen LogP contribution is -2.46. The van der Waals surface area contributed by atoms with Crippen molar-refractivity contribution in [2.24, 2.45) is 5.92 Å². The van der Waals surface area contributed by atoms with Crippen molar-refractivity contribution < 1.29 is 31.2 Å². The maximum Gasteiger partial charge on any atom is 0.417 e. The molecule has 0 aliphatic carbocycles. The molecule has 1 aromatic rings. The second-order valence-corrected chi connectivity index (χ2v) is 9.78. The van der Waals surface area contributed by atoms with E-state index in [-0.39, 0.29) is 37.2 Å². The average Bonchev–Trinajstić information content (AvgIpc) is 2.73. The van der Waals surface area contributed by atoms with Crippen LogP contribution in [0.3, 0.4) is 0 Å². The van der Waals surface area contributed by atoms with E-state index >= 15 is 0 Å². The summed E-state index contributed by atoms with van der Waals surface area (Å²) in [6.07, 6.45) is -1.81. The highest BCUT2D eigenvalue weighted by molar-refractivity contribution is 7.89. The van der Waals surface area contributed by atoms with Crippen molar-refractivity contribution >= 4 is 33.4 Å². The first-order valence-corrected chi connectivity index (χ1v) is 12.2. The largest absolute Gasteiger partial charge is 0.417 e. The van der Waals surface area contributed by atoms with Crippen LogP contribution in [0.5, 0.6) is 0 Å². The van der Waals surface area contributed by atoms with E-state index in [1.165, 1.54) is 4.90 Å². The zero-order valence-corrected chi connectivity index (χ0v) is 19.2. The first-order chi connectivity index (χ1) is 15.0. The number of hydrogen-bond acceptors (Lipinski definition) is 4. The van der Waals surface area contributed by atoms with Crippen molar-refractivity contribution in [3.8, 4) is 0 Å². The SMILES string of the molecule is CCCCNC(=O)C1CCCN(C(=O)CCNS(=O)(=O)c2ccc(Cl)c(C(F)(F)F)c2)C1. The Morgan fingerprint density at radius 2 is 1.97 bits per heavy atom. The van der Waals surface area contributed by atoms with Gasteiger partial charge in [-0.15, -0.1) is 0 Å². The summed E-state index contributed by atoms with van der Waals surface area (Å²) in [5, 5.41) is 2.25. The number of halogens is 4. The Morgan fingerprint density at radius 3 is 2.62 bits per heavy atom. The molecular weight excluding hydrogens is 471 g/mol. The minimum atomic E-state index is -4.80. The molecule has 2 rings (SSSR count). The highest BCUT2D eigenvalue weighted by Crippen LogP contribution is 2.35. The molecule has 0 saturated carbocycles. The predicted octanol–water partition coefficient (Wildman–Crippen LogP) is 3.18. The number of carbonyl (C=O) groups is 2. The normalized spacial score (nSPS) is 17.3. The summed E-state index contributed by atoms with van der Waals surface area (Å²) in [7, 11) is -4.27. The van der Waals surface area contributed by atoms with Gasteiger partial charge in [0.1, 0.15) is 0 Å². The molecule has 1 heterocycles. The molecule has 7 nitrogen and oxygen atoms in total. The number of nitrogens with zero attached hydrogens (tertiary/aromatic N) is 1. The molecule has 2 N–H and O–H groups in total. The van der Waals surface area contributed by atoms with Crippen molar-refractivity contribution in [3.05, 3.63) is 28.8 Å². The number of hydrogen-bond donors (Lipinski definition) is 2. The Hall–Kier alpha value is -1.85. The lowest BCUT2D eigenvalue weighted by molar-refractivity contribution is -0.138. The minimum absolute atomic E-state index is 0.0974. The van der Waals surface area contributed by atoms with Gasteiger partial charge in [-0.25, -0.2) is 13.1 Å². The molecule has 0 spiro atoms. The summed E-state index contributed by atoms with van der Waals surface area (Å²) < 4.78 is 65.8. The summed E-state index contributed by atoms with van der Waals surface area (Å²) in [5.41, 5.74) is -1.25. The van der Waals surface area contributed by atoms with Gasteiger partial charge in [0.05, 0.1) is 21.4 Å². The van der Waals surface area contributed by atoms with E-state index in [0.29, 0.717) is 32.0 Å². The van der Waals surface area contributed by atoms with Gasteiger partial charge < -0.3 is 10.2 Å². The van der Waals surface area contributed by atoms with Crippen LogP contribution in [0.15, 0.2) is 23.1 Å². The maximum atomic E-state index is 13.0. The number of benzene rings is 1. The number of alkyl halides is 3. The van der Waals surface area contributed by atoms with E-state index < -0.39 is 31.7 Å². The molecule has 2 amide bonds. The fraction of sp³-hybridized carbons (Fsp3) is 0.600. The van der Waals surface area contributed by atoms with Crippen LogP contribution < -0.4 is 10.0 Å². The van der Waals surface area contributed by atoms with Gasteiger partial charge in [-0.3, -0.25) is 9.59 Å². The number of likely N-dealkylation sites (tertiary alicyclic amines) is 1. The quantitative estimate of drug-likeness (QED) is 0.512. The highest BCUT2D eigenvalue weighted by atomic mass is 35.5. The van der Waals surface area contributed by atoms with Crippen LogP contribution in [0.2, 0.25) is 5.02 Å². The summed E-state index contributed by atoms with van der Waals surface area (Å²) in [4.78, 5) is 25.6. The lowest BCUT2D eigenvalue weighted by Gasteiger charge is -2.32. The van der Waals surface area contributed by atoms with Gasteiger partial charge in [-0.05, 0) is 37.5 Å². The molecule has 1 saturated heterocycles. The van der Waals surface area contributed by atoms with Crippen LogP contribution in [0.1, 0.15) is 44.6 Å². The van der Waals surface area contributed by atoms with Crippen molar-refractivity contribution in [2.45, 2.75) is 50.1 Å². The Morgan fingerprint density at radius 1 is 1.25 bits per heavy atom. The summed E-state index contributed by atoms with van der Waals surface area (Å²) >= 11 is 5.52. The third-order valence-corrected chi connectivity index (χ3v) is 6.95. The van der Waals surface area contributed by atoms with Crippen LogP contribution in [-0.2, 0) is 25.8 Å². The molecule has 1 aliphatic heterocycles. The van der Waals surface area contributed by atoms with E-state index in [9.17, 15) is 31.2 Å². The van der Waals surface area contributed by atoms with Gasteiger partial charge in [0.15, 0.2) is 0 Å². The Labute approximate surface area is 190 Å². The molecule has 180 valence electrons. The Bertz CT molecular complexity index is 925. The van der Waals surface area contributed by atoms with Gasteiger partial charge in [-0.2, -0.15) is 13.2 Å². The smallest absolute Gasteiger partial charge is 0.356 e. The maximum absolute atomic E-state index is 13.0. The Balaban J connectivity index is 1.91. The van der Waals surface area contributed by atoms with E-state index in [0.717, 1.165) is 25.0 Å². The number of amides is 2. The lowest BCUT2D eigenvalue weighted by atomic mass is 9.97. The minimum Gasteiger partial charge on any atom is -0.356 e. The fourth-order valence-corrected chi connectivity index (χ4v) is 4.66. The zero-order chi connectivity index (χ0) is 23.9. The molecular formula is C20H27ClF3N3O4S. The molecule has 1 atom stereocenters. The van der Waals surface area contributed by atoms with Gasteiger partial charge >= 0.3 is 6.18 Å². The first-order valence-electron chi connectivity index (χ1n) is 10.4. The topological polar surface area (TPSA) is 95.6 Å². The highest BCUT2D eigenvalue weighted by Gasteiger charge is 2.34. The van der Waals surface area contributed by atoms with E-state index in [1.54, 1.807) is 0 Å². The number of sulfonamides is 1. The average molecular weight is 498 g/mol. The van der Waals surface area contributed by atoms with Crippen molar-refractivity contribution in [1.82, 2.24) is 14.9 Å². The summed E-state index contributed by atoms with van der Waals surface area (Å²) in [6, 6.07) is 2.29. The van der Waals surface area contributed by atoms with Gasteiger partial charge in [-0.1, -0.05) is 24.9 Å². The number of rotatable bonds is 9. The van der Waals surface area contributed by atoms with E-state index in [4.69, 9.17) is 11.6 Å². The monoisotopic (exact) mass is 497 g/mol. The second-order valence-electron chi connectivity index (χ2n) is 7.61. The molecule has 32 heavy (non-hydrogen) atoms. The summed E-state index contributed by atoms with van der Waals surface area (Å²) in [5.74, 6) is -0.734. The number of unbranched alkanes of at least 4 members (excludes halogenated alkanes) is 1. The molecule has 0 bridgehead atoms. The summed E-state index contributed by atoms with van der Waals surface area (Å²) in [6.45, 7) is 3.05. The molecule has 12 heteroatoms. The molecule has 0 aromatic heterocycles. The number of carbonyl (C=O) groups excluding carboxylic acids is 2. The number of nitrogens with one attached hydrogen (secondary N) is 2. The van der Waals surface area contributed by atoms with Crippen LogP contribution >= 0.6 is 11.6 Å². The van der Waals surface area contributed by atoms with Crippen molar-refractivity contribution in [2.75, 3.05) is 26.2 Å². The molecule has 1 aromatic carbocycles. The van der Waals surface area contributed by atoms with Crippen molar-refractivity contribution in [1.29, 1.82) is 0 Å². The van der Waals surface area contributed by atoms with Crippen LogP contribution in [-0.4, -0.2) is 51.3 Å². The molecule has 1 aliphatic rings. The molecule has 1 unspecified atom stereocenters. The zero-order valence-electron chi connectivity index (χ0n) is 17.7. The first kappa shape index (κ1) is 26.4. The van der Waals surface area contributed by atoms with Crippen LogP contribution in [0, 0.1) is 5.92 Å². The molecule has 1 fully saturated rings.